The summed E-state index contributed by atoms with van der Waals surface area (Å²) >= 11 is 6.26. The number of carbonyl (C=O) groups excluding carboxylic acids is 1. The molecule has 1 aliphatic rings. The van der Waals surface area contributed by atoms with Crippen LogP contribution in [-0.2, 0) is 16.0 Å². The Balaban J connectivity index is 2.13. The minimum atomic E-state index is -0.267. The lowest BCUT2D eigenvalue weighted by atomic mass is 9.87. The number of nitrogen functional groups attached to an aromatic ring is 1. The molecule has 0 aromatic heterocycles. The first-order valence-electron chi connectivity index (χ1n) is 9.17. The third kappa shape index (κ3) is 4.03. The van der Waals surface area contributed by atoms with E-state index in [9.17, 15) is 4.79 Å². The Kier molecular flexibility index (Phi) is 6.31. The van der Waals surface area contributed by atoms with Crippen LogP contribution in [0.25, 0.3) is 0 Å². The fraction of sp³-hybridized carbons (Fsp3) is 0.381. The molecule has 0 saturated heterocycles. The number of anilines is 1. The summed E-state index contributed by atoms with van der Waals surface area (Å²) in [5.74, 6) is 1.04. The number of nitrogens with zero attached hydrogens (tertiary/aromatic N) is 1. The number of carbonyl (C=O) groups is 1. The van der Waals surface area contributed by atoms with Gasteiger partial charge in [-0.15, -0.1) is 0 Å². The molecule has 0 radical (unpaired) electrons. The van der Waals surface area contributed by atoms with Gasteiger partial charge < -0.3 is 19.9 Å². The molecule has 0 aliphatic carbocycles. The summed E-state index contributed by atoms with van der Waals surface area (Å²) in [7, 11) is 3.22. The second-order valence-corrected chi connectivity index (χ2v) is 7.04. The van der Waals surface area contributed by atoms with Crippen LogP contribution in [0.3, 0.4) is 0 Å². The van der Waals surface area contributed by atoms with E-state index in [1.54, 1.807) is 33.3 Å². The van der Waals surface area contributed by atoms with Crippen LogP contribution < -0.4 is 15.2 Å². The molecular weight excluding hydrogens is 380 g/mol. The number of halogens is 1. The lowest BCUT2D eigenvalue weighted by Crippen LogP contribution is -2.40. The van der Waals surface area contributed by atoms with E-state index in [2.05, 4.69) is 4.90 Å². The van der Waals surface area contributed by atoms with Gasteiger partial charge in [-0.05, 0) is 60.4 Å². The Hall–Kier alpha value is -2.44. The van der Waals surface area contributed by atoms with Crippen LogP contribution in [0.4, 0.5) is 5.69 Å². The highest BCUT2D eigenvalue weighted by atomic mass is 35.5. The minimum Gasteiger partial charge on any atom is -0.493 e. The van der Waals surface area contributed by atoms with Crippen molar-refractivity contribution in [3.8, 4) is 11.5 Å². The second kappa shape index (κ2) is 8.71. The number of rotatable bonds is 6. The summed E-state index contributed by atoms with van der Waals surface area (Å²) < 4.78 is 16.1. The van der Waals surface area contributed by atoms with Crippen molar-refractivity contribution in [2.24, 2.45) is 0 Å². The summed E-state index contributed by atoms with van der Waals surface area (Å²) in [6.07, 6.45) is 0.770. The molecule has 6 nitrogen and oxygen atoms in total. The molecule has 0 fully saturated rings. The average molecular weight is 405 g/mol. The number of nitrogens with two attached hydrogens (primary N) is 1. The van der Waals surface area contributed by atoms with Crippen molar-refractivity contribution in [3.63, 3.8) is 0 Å². The number of fused-ring (bicyclic) bond motifs is 1. The molecule has 1 aliphatic heterocycles. The largest absolute Gasteiger partial charge is 0.493 e. The Morgan fingerprint density at radius 1 is 1.18 bits per heavy atom. The molecule has 2 N–H and O–H groups in total. The summed E-state index contributed by atoms with van der Waals surface area (Å²) in [6, 6.07) is 9.10. The molecule has 150 valence electrons. The normalized spacial score (nSPS) is 16.4. The van der Waals surface area contributed by atoms with E-state index >= 15 is 0 Å². The number of esters is 1. The summed E-state index contributed by atoms with van der Waals surface area (Å²) in [5, 5.41) is 0.591. The van der Waals surface area contributed by atoms with E-state index in [1.165, 1.54) is 0 Å². The zero-order valence-corrected chi connectivity index (χ0v) is 17.1. The van der Waals surface area contributed by atoms with Gasteiger partial charge in [-0.25, -0.2) is 0 Å². The number of benzene rings is 2. The molecule has 3 rings (SSSR count). The van der Waals surface area contributed by atoms with Crippen LogP contribution in [0.5, 0.6) is 11.5 Å². The molecule has 0 amide bonds. The first-order chi connectivity index (χ1) is 13.5. The second-order valence-electron chi connectivity index (χ2n) is 6.61. The summed E-state index contributed by atoms with van der Waals surface area (Å²) in [6.45, 7) is 2.99. The monoisotopic (exact) mass is 404 g/mol. The van der Waals surface area contributed by atoms with Crippen LogP contribution in [0.1, 0.15) is 29.7 Å². The molecule has 0 bridgehead atoms. The highest BCUT2D eigenvalue weighted by molar-refractivity contribution is 6.30. The van der Waals surface area contributed by atoms with Gasteiger partial charge in [0.05, 0.1) is 33.4 Å². The smallest absolute Gasteiger partial charge is 0.320 e. The Bertz CT molecular complexity index is 872. The number of methoxy groups -OCH3 is 2. The molecular formula is C21H25ClN2O4. The van der Waals surface area contributed by atoms with E-state index in [0.29, 0.717) is 35.4 Å². The SMILES string of the molecule is CCOC(=O)CN1CCc2cc(OC)c(OC)cc2C1c1cc(Cl)ccc1N. The number of hydrogen-bond acceptors (Lipinski definition) is 6. The van der Waals surface area contributed by atoms with Gasteiger partial charge in [0.1, 0.15) is 0 Å². The lowest BCUT2D eigenvalue weighted by Gasteiger charge is -2.38. The fourth-order valence-electron chi connectivity index (χ4n) is 3.69. The van der Waals surface area contributed by atoms with Crippen molar-refractivity contribution >= 4 is 23.3 Å². The van der Waals surface area contributed by atoms with E-state index in [1.807, 2.05) is 18.2 Å². The Morgan fingerprint density at radius 2 is 1.89 bits per heavy atom. The van der Waals surface area contributed by atoms with E-state index in [0.717, 1.165) is 23.1 Å². The molecule has 7 heteroatoms. The maximum atomic E-state index is 12.2. The van der Waals surface area contributed by atoms with E-state index in [-0.39, 0.29) is 18.6 Å². The fourth-order valence-corrected chi connectivity index (χ4v) is 3.87. The first-order valence-corrected chi connectivity index (χ1v) is 9.55. The zero-order chi connectivity index (χ0) is 20.3. The van der Waals surface area contributed by atoms with E-state index in [4.69, 9.17) is 31.5 Å². The number of hydrogen-bond donors (Lipinski definition) is 1. The van der Waals surface area contributed by atoms with E-state index < -0.39 is 0 Å². The minimum absolute atomic E-state index is 0.165. The van der Waals surface area contributed by atoms with Crippen molar-refractivity contribution in [1.82, 2.24) is 4.90 Å². The van der Waals surface area contributed by atoms with Crippen molar-refractivity contribution < 1.29 is 19.0 Å². The van der Waals surface area contributed by atoms with Gasteiger partial charge in [0.25, 0.3) is 0 Å². The van der Waals surface area contributed by atoms with Crippen molar-refractivity contribution in [2.45, 2.75) is 19.4 Å². The van der Waals surface area contributed by atoms with Gasteiger partial charge >= 0.3 is 5.97 Å². The lowest BCUT2D eigenvalue weighted by molar-refractivity contribution is -0.145. The van der Waals surface area contributed by atoms with Crippen LogP contribution in [0.15, 0.2) is 30.3 Å². The maximum absolute atomic E-state index is 12.2. The molecule has 28 heavy (non-hydrogen) atoms. The van der Waals surface area contributed by atoms with Gasteiger partial charge in [-0.2, -0.15) is 0 Å². The topological polar surface area (TPSA) is 74.0 Å². The number of ether oxygens (including phenoxy) is 3. The molecule has 1 atom stereocenters. The van der Waals surface area contributed by atoms with Crippen LogP contribution >= 0.6 is 11.6 Å². The standard InChI is InChI=1S/C21H25ClN2O4/c1-4-28-20(25)12-24-8-7-13-9-18(26-2)19(27-3)11-15(13)21(24)16-10-14(22)5-6-17(16)23/h5-6,9-11,21H,4,7-8,12,23H2,1-3H3. The molecule has 0 spiro atoms. The van der Waals surface area contributed by atoms with Crippen LogP contribution in [0, 0.1) is 0 Å². The molecule has 2 aromatic rings. The van der Waals surface area contributed by atoms with Gasteiger partial charge in [-0.1, -0.05) is 11.6 Å². The summed E-state index contributed by atoms with van der Waals surface area (Å²) in [4.78, 5) is 14.3. The van der Waals surface area contributed by atoms with Gasteiger partial charge in [0, 0.05) is 17.3 Å². The van der Waals surface area contributed by atoms with Crippen molar-refractivity contribution in [3.05, 3.63) is 52.0 Å². The molecule has 0 saturated carbocycles. The average Bonchev–Trinajstić information content (AvgIpc) is 2.69. The molecule has 2 aromatic carbocycles. The van der Waals surface area contributed by atoms with Gasteiger partial charge in [0.15, 0.2) is 11.5 Å². The van der Waals surface area contributed by atoms with Gasteiger partial charge in [0.2, 0.25) is 0 Å². The van der Waals surface area contributed by atoms with Crippen molar-refractivity contribution in [2.75, 3.05) is 39.6 Å². The quantitative estimate of drug-likeness (QED) is 0.587. The first kappa shape index (κ1) is 20.3. The predicted octanol–water partition coefficient (Wildman–Crippen LogP) is 3.45. The molecule has 1 unspecified atom stereocenters. The summed E-state index contributed by atoms with van der Waals surface area (Å²) in [5.41, 5.74) is 9.91. The third-order valence-corrected chi connectivity index (χ3v) is 5.19. The van der Waals surface area contributed by atoms with Gasteiger partial charge in [-0.3, -0.25) is 9.69 Å². The predicted molar refractivity (Wildman–Crippen MR) is 109 cm³/mol. The zero-order valence-electron chi connectivity index (χ0n) is 16.3. The van der Waals surface area contributed by atoms with Crippen LogP contribution in [-0.4, -0.2) is 44.8 Å². The van der Waals surface area contributed by atoms with Crippen LogP contribution in [0.2, 0.25) is 5.02 Å². The highest BCUT2D eigenvalue weighted by Gasteiger charge is 2.33. The molecule has 1 heterocycles. The highest BCUT2D eigenvalue weighted by Crippen LogP contribution is 2.42. The third-order valence-electron chi connectivity index (χ3n) is 4.95. The Labute approximate surface area is 170 Å². The van der Waals surface area contributed by atoms with Crippen molar-refractivity contribution in [1.29, 1.82) is 0 Å². The maximum Gasteiger partial charge on any atom is 0.320 e. The Morgan fingerprint density at radius 3 is 2.57 bits per heavy atom.